The van der Waals surface area contributed by atoms with Gasteiger partial charge in [0.1, 0.15) is 5.82 Å². The molecular weight excluding hydrogens is 328 g/mol. The quantitative estimate of drug-likeness (QED) is 0.880. The summed E-state index contributed by atoms with van der Waals surface area (Å²) in [6.45, 7) is 8.31. The molecule has 2 heterocycles. The second-order valence-corrected chi connectivity index (χ2v) is 8.06. The largest absolute Gasteiger partial charge is 0.394 e. The van der Waals surface area contributed by atoms with Gasteiger partial charge in [0.25, 0.3) is 5.91 Å². The number of carbonyl (C=O) groups is 1. The van der Waals surface area contributed by atoms with E-state index in [0.717, 1.165) is 30.2 Å². The third kappa shape index (κ3) is 3.66. The van der Waals surface area contributed by atoms with Crippen LogP contribution in [0.5, 0.6) is 0 Å². The van der Waals surface area contributed by atoms with Crippen molar-refractivity contribution in [1.29, 1.82) is 0 Å². The first-order chi connectivity index (χ1) is 12.3. The summed E-state index contributed by atoms with van der Waals surface area (Å²) in [5.41, 5.74) is 2.16. The van der Waals surface area contributed by atoms with E-state index < -0.39 is 0 Å². The van der Waals surface area contributed by atoms with E-state index >= 15 is 0 Å². The Bertz CT molecular complexity index is 777. The number of nitrogens with one attached hydrogen (secondary N) is 1. The van der Waals surface area contributed by atoms with E-state index in [2.05, 4.69) is 14.8 Å². The number of imidazole rings is 1. The average molecular weight is 356 g/mol. The molecule has 1 atom stereocenters. The topological polar surface area (TPSA) is 70.4 Å². The molecule has 2 aromatic rings. The zero-order valence-electron chi connectivity index (χ0n) is 16.0. The van der Waals surface area contributed by atoms with Gasteiger partial charge in [-0.05, 0) is 12.5 Å². The van der Waals surface area contributed by atoms with Crippen molar-refractivity contribution in [1.82, 2.24) is 19.8 Å². The number of fused-ring (bicyclic) bond motifs is 1. The minimum atomic E-state index is -0.325. The van der Waals surface area contributed by atoms with Crippen molar-refractivity contribution in [2.45, 2.75) is 39.9 Å². The van der Waals surface area contributed by atoms with Crippen LogP contribution in [0.3, 0.4) is 0 Å². The maximum absolute atomic E-state index is 13.0. The SMILES string of the molecule is CN1CCn2c(-c3ccccc3)nc(C(=O)N[C@@H](CO)C(C)(C)C)c2C1. The fraction of sp³-hybridized carbons (Fsp3) is 0.500. The molecule has 6 heteroatoms. The lowest BCUT2D eigenvalue weighted by atomic mass is 9.87. The lowest BCUT2D eigenvalue weighted by Crippen LogP contribution is -2.46. The molecule has 1 aliphatic rings. The molecule has 140 valence electrons. The van der Waals surface area contributed by atoms with E-state index in [1.807, 2.05) is 58.2 Å². The van der Waals surface area contributed by atoms with Crippen molar-refractivity contribution in [2.75, 3.05) is 20.2 Å². The number of aliphatic hydroxyl groups excluding tert-OH is 1. The average Bonchev–Trinajstić information content (AvgIpc) is 2.98. The molecule has 0 radical (unpaired) electrons. The molecule has 0 spiro atoms. The van der Waals surface area contributed by atoms with E-state index in [1.165, 1.54) is 0 Å². The molecule has 1 aliphatic heterocycles. The lowest BCUT2D eigenvalue weighted by Gasteiger charge is -2.30. The first kappa shape index (κ1) is 18.6. The number of amides is 1. The van der Waals surface area contributed by atoms with Gasteiger partial charge in [-0.2, -0.15) is 0 Å². The molecule has 0 unspecified atom stereocenters. The van der Waals surface area contributed by atoms with E-state index in [1.54, 1.807) is 0 Å². The highest BCUT2D eigenvalue weighted by atomic mass is 16.3. The van der Waals surface area contributed by atoms with Gasteiger partial charge in [0.05, 0.1) is 18.3 Å². The fourth-order valence-electron chi connectivity index (χ4n) is 3.25. The van der Waals surface area contributed by atoms with E-state index in [9.17, 15) is 9.90 Å². The molecule has 0 bridgehead atoms. The summed E-state index contributed by atoms with van der Waals surface area (Å²) in [6.07, 6.45) is 0. The first-order valence-electron chi connectivity index (χ1n) is 9.06. The van der Waals surface area contributed by atoms with Crippen molar-refractivity contribution in [3.8, 4) is 11.4 Å². The van der Waals surface area contributed by atoms with Crippen molar-refractivity contribution in [3.05, 3.63) is 41.7 Å². The summed E-state index contributed by atoms with van der Waals surface area (Å²) < 4.78 is 2.15. The van der Waals surface area contributed by atoms with E-state index in [4.69, 9.17) is 4.98 Å². The van der Waals surface area contributed by atoms with Crippen molar-refractivity contribution in [3.63, 3.8) is 0 Å². The summed E-state index contributed by atoms with van der Waals surface area (Å²) in [5.74, 6) is 0.607. The summed E-state index contributed by atoms with van der Waals surface area (Å²) in [7, 11) is 2.05. The highest BCUT2D eigenvalue weighted by Gasteiger charge is 2.30. The number of benzene rings is 1. The summed E-state index contributed by atoms with van der Waals surface area (Å²) in [5, 5.41) is 12.6. The molecule has 6 nitrogen and oxygen atoms in total. The van der Waals surface area contributed by atoms with Crippen LogP contribution in [0.15, 0.2) is 30.3 Å². The first-order valence-corrected chi connectivity index (χ1v) is 9.06. The van der Waals surface area contributed by atoms with E-state index in [-0.39, 0.29) is 24.0 Å². The minimum absolute atomic E-state index is 0.100. The van der Waals surface area contributed by atoms with Crippen LogP contribution in [0.1, 0.15) is 37.0 Å². The Morgan fingerprint density at radius 3 is 2.58 bits per heavy atom. The maximum Gasteiger partial charge on any atom is 0.272 e. The van der Waals surface area contributed by atoms with Crippen LogP contribution < -0.4 is 5.32 Å². The zero-order chi connectivity index (χ0) is 18.9. The number of carbonyl (C=O) groups excluding carboxylic acids is 1. The monoisotopic (exact) mass is 356 g/mol. The minimum Gasteiger partial charge on any atom is -0.394 e. The molecule has 3 rings (SSSR count). The van der Waals surface area contributed by atoms with Crippen molar-refractivity contribution >= 4 is 5.91 Å². The third-order valence-electron chi connectivity index (χ3n) is 4.98. The number of hydrogen-bond donors (Lipinski definition) is 2. The molecule has 1 aromatic carbocycles. The summed E-state index contributed by atoms with van der Waals surface area (Å²) in [4.78, 5) is 19.9. The van der Waals surface area contributed by atoms with Crippen LogP contribution in [0.4, 0.5) is 0 Å². The molecule has 0 saturated heterocycles. The van der Waals surface area contributed by atoms with Gasteiger partial charge in [0.15, 0.2) is 5.69 Å². The maximum atomic E-state index is 13.0. The van der Waals surface area contributed by atoms with Gasteiger partial charge in [0.2, 0.25) is 0 Å². The zero-order valence-corrected chi connectivity index (χ0v) is 16.0. The van der Waals surface area contributed by atoms with Crippen LogP contribution in [0.25, 0.3) is 11.4 Å². The van der Waals surface area contributed by atoms with Crippen LogP contribution in [0.2, 0.25) is 0 Å². The van der Waals surface area contributed by atoms with Gasteiger partial charge < -0.3 is 15.0 Å². The molecule has 0 fully saturated rings. The number of aromatic nitrogens is 2. The van der Waals surface area contributed by atoms with E-state index in [0.29, 0.717) is 12.2 Å². The second kappa shape index (κ2) is 7.21. The van der Waals surface area contributed by atoms with Gasteiger partial charge in [-0.25, -0.2) is 4.98 Å². The third-order valence-corrected chi connectivity index (χ3v) is 4.98. The molecular formula is C20H28N4O2. The van der Waals surface area contributed by atoms with Crippen LogP contribution in [-0.2, 0) is 13.1 Å². The summed E-state index contributed by atoms with van der Waals surface area (Å²) in [6, 6.07) is 9.64. The van der Waals surface area contributed by atoms with Crippen molar-refractivity contribution in [2.24, 2.45) is 5.41 Å². The number of nitrogens with zero attached hydrogens (tertiary/aromatic N) is 3. The Balaban J connectivity index is 1.99. The standard InChI is InChI=1S/C20H28N4O2/c1-20(2,3)16(13-25)21-19(26)17-15-12-23(4)10-11-24(15)18(22-17)14-8-6-5-7-9-14/h5-9,16,25H,10-13H2,1-4H3,(H,21,26)/t16-/m0/s1. The van der Waals surface area contributed by atoms with Crippen LogP contribution >= 0.6 is 0 Å². The van der Waals surface area contributed by atoms with Crippen LogP contribution in [0, 0.1) is 5.41 Å². The Labute approximate surface area is 154 Å². The van der Waals surface area contributed by atoms with Gasteiger partial charge in [0, 0.05) is 25.2 Å². The molecule has 0 saturated carbocycles. The normalized spacial score (nSPS) is 16.2. The highest BCUT2D eigenvalue weighted by Crippen LogP contribution is 2.27. The Morgan fingerprint density at radius 1 is 1.27 bits per heavy atom. The Morgan fingerprint density at radius 2 is 1.96 bits per heavy atom. The fourth-order valence-corrected chi connectivity index (χ4v) is 3.25. The molecule has 2 N–H and O–H groups in total. The Hall–Kier alpha value is -2.18. The smallest absolute Gasteiger partial charge is 0.272 e. The number of aliphatic hydroxyl groups is 1. The summed E-state index contributed by atoms with van der Waals surface area (Å²) >= 11 is 0. The molecule has 1 amide bonds. The van der Waals surface area contributed by atoms with Gasteiger partial charge >= 0.3 is 0 Å². The van der Waals surface area contributed by atoms with Gasteiger partial charge in [-0.1, -0.05) is 51.1 Å². The number of rotatable bonds is 4. The molecule has 26 heavy (non-hydrogen) atoms. The number of hydrogen-bond acceptors (Lipinski definition) is 4. The highest BCUT2D eigenvalue weighted by molar-refractivity contribution is 5.94. The lowest BCUT2D eigenvalue weighted by molar-refractivity contribution is 0.0840. The second-order valence-electron chi connectivity index (χ2n) is 8.06. The van der Waals surface area contributed by atoms with Crippen LogP contribution in [-0.4, -0.2) is 51.7 Å². The molecule has 1 aromatic heterocycles. The van der Waals surface area contributed by atoms with Gasteiger partial charge in [-0.3, -0.25) is 9.69 Å². The van der Waals surface area contributed by atoms with Crippen molar-refractivity contribution < 1.29 is 9.90 Å². The predicted octanol–water partition coefficient (Wildman–Crippen LogP) is 2.13. The predicted molar refractivity (Wildman–Crippen MR) is 102 cm³/mol. The Kier molecular flexibility index (Phi) is 5.16. The molecule has 0 aliphatic carbocycles. The van der Waals surface area contributed by atoms with Gasteiger partial charge in [-0.15, -0.1) is 0 Å². The number of likely N-dealkylation sites (N-methyl/N-ethyl adjacent to an activating group) is 1.